The van der Waals surface area contributed by atoms with Crippen molar-refractivity contribution in [2.75, 3.05) is 11.4 Å². The molecular weight excluding hydrogens is 226 g/mol. The number of Topliss-reactive ketones (excluding diaryl/α,β-unsaturated/α-hetero) is 1. The highest BCUT2D eigenvalue weighted by Gasteiger charge is 2.35. The van der Waals surface area contributed by atoms with Crippen LogP contribution >= 0.6 is 11.6 Å². The number of hydrogen-bond acceptors (Lipinski definition) is 4. The Morgan fingerprint density at radius 3 is 3.19 bits per heavy atom. The summed E-state index contributed by atoms with van der Waals surface area (Å²) >= 11 is 5.81. The first-order valence-electron chi connectivity index (χ1n) is 5.56. The highest BCUT2D eigenvalue weighted by molar-refractivity contribution is 6.28. The molecule has 3 heterocycles. The second-order valence-electron chi connectivity index (χ2n) is 4.34. The zero-order valence-electron chi connectivity index (χ0n) is 8.82. The molecule has 1 aromatic heterocycles. The maximum atomic E-state index is 11.9. The number of rotatable bonds is 0. The molecule has 1 aromatic rings. The van der Waals surface area contributed by atoms with Gasteiger partial charge in [0.1, 0.15) is 5.82 Å². The standard InChI is InChI=1S/C11H12ClN3O/c12-11-13-6-7-5-9(16)8-3-1-2-4-15(8)10(7)14-11/h6,8H,1-5H2/t8-/m1/s1. The van der Waals surface area contributed by atoms with Crippen molar-refractivity contribution >= 4 is 23.2 Å². The molecule has 3 rings (SSSR count). The molecule has 0 unspecified atom stereocenters. The Morgan fingerprint density at radius 2 is 2.31 bits per heavy atom. The predicted molar refractivity (Wildman–Crippen MR) is 60.7 cm³/mol. The van der Waals surface area contributed by atoms with Crippen LogP contribution in [0.1, 0.15) is 24.8 Å². The minimum absolute atomic E-state index is 0.0206. The highest BCUT2D eigenvalue weighted by Crippen LogP contribution is 2.32. The summed E-state index contributed by atoms with van der Waals surface area (Å²) in [4.78, 5) is 22.2. The third-order valence-corrected chi connectivity index (χ3v) is 3.51. The molecule has 1 saturated heterocycles. The van der Waals surface area contributed by atoms with E-state index in [1.807, 2.05) is 0 Å². The average molecular weight is 238 g/mol. The maximum absolute atomic E-state index is 11.9. The van der Waals surface area contributed by atoms with E-state index in [4.69, 9.17) is 11.6 Å². The number of nitrogens with zero attached hydrogens (tertiary/aromatic N) is 3. The van der Waals surface area contributed by atoms with Crippen molar-refractivity contribution in [2.45, 2.75) is 31.7 Å². The molecule has 5 heteroatoms. The number of hydrogen-bond donors (Lipinski definition) is 0. The third kappa shape index (κ3) is 1.48. The van der Waals surface area contributed by atoms with Gasteiger partial charge in [0.2, 0.25) is 5.28 Å². The molecule has 0 aromatic carbocycles. The fourth-order valence-electron chi connectivity index (χ4n) is 2.58. The summed E-state index contributed by atoms with van der Waals surface area (Å²) in [6.07, 6.45) is 5.31. The Kier molecular flexibility index (Phi) is 2.32. The molecule has 84 valence electrons. The van der Waals surface area contributed by atoms with Crippen LogP contribution in [0.4, 0.5) is 5.82 Å². The summed E-state index contributed by atoms with van der Waals surface area (Å²) in [6, 6.07) is 0.0206. The van der Waals surface area contributed by atoms with Crippen molar-refractivity contribution in [2.24, 2.45) is 0 Å². The van der Waals surface area contributed by atoms with E-state index in [0.29, 0.717) is 6.42 Å². The first-order valence-corrected chi connectivity index (χ1v) is 5.94. The average Bonchev–Trinajstić information content (AvgIpc) is 2.31. The van der Waals surface area contributed by atoms with Gasteiger partial charge < -0.3 is 4.90 Å². The zero-order valence-corrected chi connectivity index (χ0v) is 9.57. The van der Waals surface area contributed by atoms with Gasteiger partial charge in [-0.25, -0.2) is 9.97 Å². The van der Waals surface area contributed by atoms with Crippen LogP contribution in [0.5, 0.6) is 0 Å². The fraction of sp³-hybridized carbons (Fsp3) is 0.545. The monoisotopic (exact) mass is 237 g/mol. The van der Waals surface area contributed by atoms with Crippen LogP contribution in [0.3, 0.4) is 0 Å². The third-order valence-electron chi connectivity index (χ3n) is 3.32. The number of ketones is 1. The van der Waals surface area contributed by atoms with Crippen molar-refractivity contribution in [3.63, 3.8) is 0 Å². The summed E-state index contributed by atoms with van der Waals surface area (Å²) in [5.74, 6) is 1.16. The molecule has 4 nitrogen and oxygen atoms in total. The molecule has 2 aliphatic rings. The molecule has 0 amide bonds. The molecule has 1 fully saturated rings. The Bertz CT molecular complexity index is 449. The highest BCUT2D eigenvalue weighted by atomic mass is 35.5. The van der Waals surface area contributed by atoms with Crippen LogP contribution < -0.4 is 4.90 Å². The summed E-state index contributed by atoms with van der Waals surface area (Å²) in [6.45, 7) is 0.900. The number of carbonyl (C=O) groups is 1. The minimum Gasteiger partial charge on any atom is -0.346 e. The lowest BCUT2D eigenvalue weighted by Gasteiger charge is -2.39. The van der Waals surface area contributed by atoms with Gasteiger partial charge in [-0.3, -0.25) is 4.79 Å². The van der Waals surface area contributed by atoms with E-state index in [-0.39, 0.29) is 17.1 Å². The van der Waals surface area contributed by atoms with Crippen LogP contribution in [-0.2, 0) is 11.2 Å². The van der Waals surface area contributed by atoms with Gasteiger partial charge in [0, 0.05) is 24.7 Å². The molecule has 0 radical (unpaired) electrons. The lowest BCUT2D eigenvalue weighted by molar-refractivity contribution is -0.120. The van der Waals surface area contributed by atoms with Gasteiger partial charge in [-0.2, -0.15) is 0 Å². The quantitative estimate of drug-likeness (QED) is 0.644. The summed E-state index contributed by atoms with van der Waals surface area (Å²) in [7, 11) is 0. The van der Waals surface area contributed by atoms with Gasteiger partial charge in [0.15, 0.2) is 5.78 Å². The van der Waals surface area contributed by atoms with Crippen molar-refractivity contribution in [1.82, 2.24) is 9.97 Å². The zero-order chi connectivity index (χ0) is 11.1. The number of anilines is 1. The van der Waals surface area contributed by atoms with Crippen LogP contribution in [0.15, 0.2) is 6.20 Å². The molecule has 2 aliphatic heterocycles. The number of fused-ring (bicyclic) bond motifs is 3. The summed E-state index contributed by atoms with van der Waals surface area (Å²) in [5.41, 5.74) is 0.910. The number of aromatic nitrogens is 2. The van der Waals surface area contributed by atoms with E-state index in [9.17, 15) is 4.79 Å². The lowest BCUT2D eigenvalue weighted by atomic mass is 9.91. The first-order chi connectivity index (χ1) is 7.75. The predicted octanol–water partition coefficient (Wildman–Crippen LogP) is 1.61. The van der Waals surface area contributed by atoms with Crippen molar-refractivity contribution in [3.8, 4) is 0 Å². The Labute approximate surface area is 98.6 Å². The maximum Gasteiger partial charge on any atom is 0.224 e. The van der Waals surface area contributed by atoms with E-state index in [1.54, 1.807) is 6.20 Å². The summed E-state index contributed by atoms with van der Waals surface area (Å²) in [5, 5.41) is 0.262. The Balaban J connectivity index is 2.07. The van der Waals surface area contributed by atoms with Crippen LogP contribution in [0, 0.1) is 0 Å². The molecule has 0 saturated carbocycles. The van der Waals surface area contributed by atoms with Crippen molar-refractivity contribution < 1.29 is 4.79 Å². The molecular formula is C11H12ClN3O. The number of carbonyl (C=O) groups excluding carboxylic acids is 1. The van der Waals surface area contributed by atoms with Crippen LogP contribution in [0.2, 0.25) is 5.28 Å². The second-order valence-corrected chi connectivity index (χ2v) is 4.67. The van der Waals surface area contributed by atoms with Crippen molar-refractivity contribution in [1.29, 1.82) is 0 Å². The number of halogens is 1. The van der Waals surface area contributed by atoms with Crippen LogP contribution in [0.25, 0.3) is 0 Å². The molecule has 1 atom stereocenters. The van der Waals surface area contributed by atoms with E-state index in [2.05, 4.69) is 14.9 Å². The van der Waals surface area contributed by atoms with Crippen molar-refractivity contribution in [3.05, 3.63) is 17.0 Å². The second kappa shape index (κ2) is 3.70. The molecule has 0 spiro atoms. The van der Waals surface area contributed by atoms with Crippen LogP contribution in [-0.4, -0.2) is 28.3 Å². The molecule has 16 heavy (non-hydrogen) atoms. The molecule has 0 aliphatic carbocycles. The van der Waals surface area contributed by atoms with E-state index in [1.165, 1.54) is 0 Å². The van der Waals surface area contributed by atoms with Gasteiger partial charge in [-0.1, -0.05) is 0 Å². The minimum atomic E-state index is 0.0206. The smallest absolute Gasteiger partial charge is 0.224 e. The van der Waals surface area contributed by atoms with Gasteiger partial charge in [0.05, 0.1) is 6.04 Å². The molecule has 0 bridgehead atoms. The lowest BCUT2D eigenvalue weighted by Crippen LogP contribution is -2.49. The van der Waals surface area contributed by atoms with E-state index in [0.717, 1.165) is 37.2 Å². The summed E-state index contributed by atoms with van der Waals surface area (Å²) < 4.78 is 0. The SMILES string of the molecule is O=C1Cc2cnc(Cl)nc2N2CCCC[C@H]12. The normalized spacial score (nSPS) is 23.9. The molecule has 0 N–H and O–H groups in total. The fourth-order valence-corrected chi connectivity index (χ4v) is 2.70. The van der Waals surface area contributed by atoms with Gasteiger partial charge in [-0.05, 0) is 30.9 Å². The largest absolute Gasteiger partial charge is 0.346 e. The van der Waals surface area contributed by atoms with E-state index >= 15 is 0 Å². The van der Waals surface area contributed by atoms with Gasteiger partial charge >= 0.3 is 0 Å². The Morgan fingerprint density at radius 1 is 1.44 bits per heavy atom. The number of piperidine rings is 1. The van der Waals surface area contributed by atoms with Gasteiger partial charge in [-0.15, -0.1) is 0 Å². The first kappa shape index (κ1) is 10.0. The Hall–Kier alpha value is -1.16. The topological polar surface area (TPSA) is 46.1 Å². The van der Waals surface area contributed by atoms with E-state index < -0.39 is 0 Å². The van der Waals surface area contributed by atoms with Gasteiger partial charge in [0.25, 0.3) is 0 Å².